The Balaban J connectivity index is 2.39. The van der Waals surface area contributed by atoms with Gasteiger partial charge < -0.3 is 9.84 Å². The Labute approximate surface area is 60.7 Å². The van der Waals surface area contributed by atoms with Crippen molar-refractivity contribution < 1.29 is 9.84 Å². The summed E-state index contributed by atoms with van der Waals surface area (Å²) in [5.74, 6) is 0. The number of aliphatic hydroxyl groups excluding tert-OH is 1. The van der Waals surface area contributed by atoms with Gasteiger partial charge in [0.1, 0.15) is 6.23 Å². The number of aliphatic hydroxyl groups is 1. The molecule has 10 heavy (non-hydrogen) atoms. The van der Waals surface area contributed by atoms with E-state index in [4.69, 9.17) is 9.84 Å². The SMILES string of the molecule is C=C(C)[C@H]1COCC(O)N1. The molecular formula is C7H13NO2. The Morgan fingerprint density at radius 3 is 2.80 bits per heavy atom. The molecule has 0 radical (unpaired) electrons. The number of morpholine rings is 1. The summed E-state index contributed by atoms with van der Waals surface area (Å²) in [5.41, 5.74) is 0.999. The molecule has 58 valence electrons. The Kier molecular flexibility index (Phi) is 2.43. The lowest BCUT2D eigenvalue weighted by atomic mass is 10.1. The van der Waals surface area contributed by atoms with Crippen LogP contribution in [-0.4, -0.2) is 30.6 Å². The zero-order chi connectivity index (χ0) is 7.56. The molecule has 2 atom stereocenters. The van der Waals surface area contributed by atoms with Crippen LogP contribution in [0.3, 0.4) is 0 Å². The number of rotatable bonds is 1. The number of nitrogens with one attached hydrogen (secondary N) is 1. The van der Waals surface area contributed by atoms with Crippen molar-refractivity contribution in [2.45, 2.75) is 19.2 Å². The van der Waals surface area contributed by atoms with Crippen LogP contribution in [0, 0.1) is 0 Å². The van der Waals surface area contributed by atoms with E-state index in [-0.39, 0.29) is 6.04 Å². The topological polar surface area (TPSA) is 41.5 Å². The van der Waals surface area contributed by atoms with Gasteiger partial charge in [0.25, 0.3) is 0 Å². The first-order valence-electron chi connectivity index (χ1n) is 3.37. The minimum absolute atomic E-state index is 0.115. The third-order valence-corrected chi connectivity index (χ3v) is 1.55. The van der Waals surface area contributed by atoms with E-state index in [2.05, 4.69) is 11.9 Å². The maximum atomic E-state index is 9.05. The Morgan fingerprint density at radius 2 is 2.40 bits per heavy atom. The number of hydrogen-bond acceptors (Lipinski definition) is 3. The normalized spacial score (nSPS) is 33.8. The maximum absolute atomic E-state index is 9.05. The van der Waals surface area contributed by atoms with Crippen LogP contribution in [0.15, 0.2) is 12.2 Å². The lowest BCUT2D eigenvalue weighted by Crippen LogP contribution is -2.49. The Bertz CT molecular complexity index is 136. The third-order valence-electron chi connectivity index (χ3n) is 1.55. The molecule has 0 spiro atoms. The number of ether oxygens (including phenoxy) is 1. The van der Waals surface area contributed by atoms with Crippen LogP contribution < -0.4 is 5.32 Å². The summed E-state index contributed by atoms with van der Waals surface area (Å²) in [6.07, 6.45) is -0.532. The van der Waals surface area contributed by atoms with Gasteiger partial charge in [-0.25, -0.2) is 0 Å². The van der Waals surface area contributed by atoms with Gasteiger partial charge in [-0.05, 0) is 6.92 Å². The van der Waals surface area contributed by atoms with E-state index in [0.29, 0.717) is 13.2 Å². The molecule has 1 saturated heterocycles. The first-order valence-corrected chi connectivity index (χ1v) is 3.37. The van der Waals surface area contributed by atoms with Crippen molar-refractivity contribution in [3.05, 3.63) is 12.2 Å². The van der Waals surface area contributed by atoms with Crippen LogP contribution in [0.25, 0.3) is 0 Å². The van der Waals surface area contributed by atoms with Crippen molar-refractivity contribution >= 4 is 0 Å². The molecule has 3 nitrogen and oxygen atoms in total. The Morgan fingerprint density at radius 1 is 1.70 bits per heavy atom. The quantitative estimate of drug-likeness (QED) is 0.502. The van der Waals surface area contributed by atoms with Crippen molar-refractivity contribution in [2.75, 3.05) is 13.2 Å². The van der Waals surface area contributed by atoms with Crippen molar-refractivity contribution in [3.63, 3.8) is 0 Å². The fraction of sp³-hybridized carbons (Fsp3) is 0.714. The molecule has 0 aromatic carbocycles. The van der Waals surface area contributed by atoms with Gasteiger partial charge in [0.05, 0.1) is 19.3 Å². The molecule has 0 aromatic heterocycles. The van der Waals surface area contributed by atoms with Crippen molar-refractivity contribution in [2.24, 2.45) is 0 Å². The molecule has 1 unspecified atom stereocenters. The minimum Gasteiger partial charge on any atom is -0.376 e. The summed E-state index contributed by atoms with van der Waals surface area (Å²) in [5, 5.41) is 12.0. The predicted molar refractivity (Wildman–Crippen MR) is 38.6 cm³/mol. The molecule has 0 aliphatic carbocycles. The van der Waals surface area contributed by atoms with Gasteiger partial charge in [-0.15, -0.1) is 0 Å². The zero-order valence-corrected chi connectivity index (χ0v) is 6.13. The lowest BCUT2D eigenvalue weighted by molar-refractivity contribution is -0.0322. The molecule has 0 amide bonds. The molecule has 2 N–H and O–H groups in total. The average Bonchev–Trinajstić information content (AvgIpc) is 1.88. The third kappa shape index (κ3) is 1.80. The van der Waals surface area contributed by atoms with E-state index in [1.165, 1.54) is 0 Å². The predicted octanol–water partition coefficient (Wildman–Crippen LogP) is -0.131. The van der Waals surface area contributed by atoms with E-state index in [0.717, 1.165) is 5.57 Å². The van der Waals surface area contributed by atoms with Gasteiger partial charge in [-0.1, -0.05) is 12.2 Å². The van der Waals surface area contributed by atoms with Crippen molar-refractivity contribution in [1.29, 1.82) is 0 Å². The molecule has 1 heterocycles. The summed E-state index contributed by atoms with van der Waals surface area (Å²) in [4.78, 5) is 0. The standard InChI is InChI=1S/C7H13NO2/c1-5(2)6-3-10-4-7(9)8-6/h6-9H,1,3-4H2,2H3/t6-,7?/m1/s1. The van der Waals surface area contributed by atoms with Crippen molar-refractivity contribution in [3.8, 4) is 0 Å². The summed E-state index contributed by atoms with van der Waals surface area (Å²) >= 11 is 0. The summed E-state index contributed by atoms with van der Waals surface area (Å²) in [6, 6.07) is 0.115. The second kappa shape index (κ2) is 3.14. The van der Waals surface area contributed by atoms with Gasteiger partial charge in [0, 0.05) is 0 Å². The molecule has 0 saturated carbocycles. The van der Waals surface area contributed by atoms with Crippen LogP contribution in [-0.2, 0) is 4.74 Å². The molecule has 3 heteroatoms. The molecule has 1 fully saturated rings. The lowest BCUT2D eigenvalue weighted by Gasteiger charge is -2.28. The smallest absolute Gasteiger partial charge is 0.129 e. The molecular weight excluding hydrogens is 130 g/mol. The summed E-state index contributed by atoms with van der Waals surface area (Å²) in [7, 11) is 0. The highest BCUT2D eigenvalue weighted by atomic mass is 16.5. The first-order chi connectivity index (χ1) is 4.70. The van der Waals surface area contributed by atoms with E-state index in [1.54, 1.807) is 0 Å². The Hall–Kier alpha value is -0.380. The molecule has 1 aliphatic rings. The van der Waals surface area contributed by atoms with Gasteiger partial charge in [-0.3, -0.25) is 5.32 Å². The van der Waals surface area contributed by atoms with E-state index >= 15 is 0 Å². The van der Waals surface area contributed by atoms with Crippen LogP contribution in [0.4, 0.5) is 0 Å². The first kappa shape index (κ1) is 7.72. The summed E-state index contributed by atoms with van der Waals surface area (Å²) < 4.78 is 5.08. The highest BCUT2D eigenvalue weighted by molar-refractivity contribution is 5.02. The molecule has 0 aromatic rings. The molecule has 1 aliphatic heterocycles. The second-order valence-corrected chi connectivity index (χ2v) is 2.62. The monoisotopic (exact) mass is 143 g/mol. The van der Waals surface area contributed by atoms with Gasteiger partial charge >= 0.3 is 0 Å². The van der Waals surface area contributed by atoms with Gasteiger partial charge in [0.15, 0.2) is 0 Å². The number of hydrogen-bond donors (Lipinski definition) is 2. The van der Waals surface area contributed by atoms with Crippen LogP contribution >= 0.6 is 0 Å². The van der Waals surface area contributed by atoms with Crippen LogP contribution in [0.2, 0.25) is 0 Å². The fourth-order valence-corrected chi connectivity index (χ4v) is 0.910. The maximum Gasteiger partial charge on any atom is 0.129 e. The van der Waals surface area contributed by atoms with Crippen LogP contribution in [0.1, 0.15) is 6.92 Å². The van der Waals surface area contributed by atoms with E-state index < -0.39 is 6.23 Å². The minimum atomic E-state index is -0.532. The van der Waals surface area contributed by atoms with Crippen LogP contribution in [0.5, 0.6) is 0 Å². The van der Waals surface area contributed by atoms with Crippen molar-refractivity contribution in [1.82, 2.24) is 5.32 Å². The van der Waals surface area contributed by atoms with Gasteiger partial charge in [0.2, 0.25) is 0 Å². The zero-order valence-electron chi connectivity index (χ0n) is 6.13. The second-order valence-electron chi connectivity index (χ2n) is 2.62. The largest absolute Gasteiger partial charge is 0.376 e. The fourth-order valence-electron chi connectivity index (χ4n) is 0.910. The summed E-state index contributed by atoms with van der Waals surface area (Å²) in [6.45, 7) is 6.67. The highest BCUT2D eigenvalue weighted by Crippen LogP contribution is 2.04. The molecule has 1 rings (SSSR count). The van der Waals surface area contributed by atoms with E-state index in [9.17, 15) is 0 Å². The van der Waals surface area contributed by atoms with E-state index in [1.807, 2.05) is 6.92 Å². The molecule has 0 bridgehead atoms. The van der Waals surface area contributed by atoms with Gasteiger partial charge in [-0.2, -0.15) is 0 Å². The highest BCUT2D eigenvalue weighted by Gasteiger charge is 2.19. The average molecular weight is 143 g/mol.